The van der Waals surface area contributed by atoms with Gasteiger partial charge in [0.25, 0.3) is 0 Å². The Morgan fingerprint density at radius 3 is 2.53 bits per heavy atom. The second-order valence-corrected chi connectivity index (χ2v) is 8.87. The number of benzene rings is 3. The SMILES string of the molecule is CCOc1ccc(-n2c(CCc3ccccc3)nnc2SCC(=O)Nc2cccc(Cl)c2)cc1. The Bertz CT molecular complexity index is 1230. The van der Waals surface area contributed by atoms with Crippen LogP contribution in [0.4, 0.5) is 5.69 Å². The van der Waals surface area contributed by atoms with Gasteiger partial charge in [0.15, 0.2) is 5.16 Å². The van der Waals surface area contributed by atoms with Gasteiger partial charge < -0.3 is 10.1 Å². The Morgan fingerprint density at radius 1 is 1.00 bits per heavy atom. The number of halogens is 1. The third kappa shape index (κ3) is 6.40. The van der Waals surface area contributed by atoms with E-state index in [9.17, 15) is 4.79 Å². The molecule has 0 unspecified atom stereocenters. The van der Waals surface area contributed by atoms with E-state index in [1.165, 1.54) is 17.3 Å². The smallest absolute Gasteiger partial charge is 0.234 e. The summed E-state index contributed by atoms with van der Waals surface area (Å²) in [4.78, 5) is 12.5. The van der Waals surface area contributed by atoms with Crippen LogP contribution in [0.2, 0.25) is 5.02 Å². The molecule has 1 aromatic heterocycles. The zero-order chi connectivity index (χ0) is 23.8. The number of hydrogen-bond acceptors (Lipinski definition) is 5. The number of thioether (sulfide) groups is 1. The summed E-state index contributed by atoms with van der Waals surface area (Å²) in [6, 6.07) is 25.2. The van der Waals surface area contributed by atoms with E-state index in [0.29, 0.717) is 22.5 Å². The van der Waals surface area contributed by atoms with E-state index < -0.39 is 0 Å². The Labute approximate surface area is 208 Å². The van der Waals surface area contributed by atoms with Crippen molar-refractivity contribution in [3.05, 3.63) is 95.3 Å². The van der Waals surface area contributed by atoms with E-state index in [1.54, 1.807) is 24.3 Å². The molecule has 0 aliphatic rings. The number of anilines is 1. The van der Waals surface area contributed by atoms with Crippen LogP contribution in [0.15, 0.2) is 84.0 Å². The molecule has 34 heavy (non-hydrogen) atoms. The second-order valence-electron chi connectivity index (χ2n) is 7.49. The predicted octanol–water partition coefficient (Wildman–Crippen LogP) is 5.84. The second kappa shape index (κ2) is 11.7. The van der Waals surface area contributed by atoms with Crippen molar-refractivity contribution in [2.45, 2.75) is 24.9 Å². The molecule has 174 valence electrons. The maximum Gasteiger partial charge on any atom is 0.234 e. The van der Waals surface area contributed by atoms with Crippen LogP contribution in [0.3, 0.4) is 0 Å². The Kier molecular flexibility index (Phi) is 8.22. The molecule has 0 spiro atoms. The van der Waals surface area contributed by atoms with E-state index in [1.807, 2.05) is 54.0 Å². The number of carbonyl (C=O) groups is 1. The largest absolute Gasteiger partial charge is 0.494 e. The summed E-state index contributed by atoms with van der Waals surface area (Å²) in [5, 5.41) is 13.0. The maximum absolute atomic E-state index is 12.5. The fraction of sp³-hybridized carbons (Fsp3) is 0.192. The Morgan fingerprint density at radius 2 is 1.79 bits per heavy atom. The van der Waals surface area contributed by atoms with Gasteiger partial charge in [-0.2, -0.15) is 0 Å². The molecule has 4 aromatic rings. The normalized spacial score (nSPS) is 10.8. The minimum absolute atomic E-state index is 0.139. The van der Waals surface area contributed by atoms with Gasteiger partial charge in [-0.1, -0.05) is 59.8 Å². The molecule has 1 N–H and O–H groups in total. The van der Waals surface area contributed by atoms with Crippen molar-refractivity contribution in [1.82, 2.24) is 14.8 Å². The molecule has 4 rings (SSSR count). The Hall–Kier alpha value is -3.29. The molecule has 1 heterocycles. The van der Waals surface area contributed by atoms with Gasteiger partial charge in [-0.15, -0.1) is 10.2 Å². The number of hydrogen-bond donors (Lipinski definition) is 1. The summed E-state index contributed by atoms with van der Waals surface area (Å²) in [6.45, 7) is 2.57. The summed E-state index contributed by atoms with van der Waals surface area (Å²) in [6.07, 6.45) is 1.56. The van der Waals surface area contributed by atoms with Crippen molar-refractivity contribution in [3.63, 3.8) is 0 Å². The minimum Gasteiger partial charge on any atom is -0.494 e. The highest BCUT2D eigenvalue weighted by molar-refractivity contribution is 7.99. The van der Waals surface area contributed by atoms with Crippen LogP contribution >= 0.6 is 23.4 Å². The predicted molar refractivity (Wildman–Crippen MR) is 137 cm³/mol. The van der Waals surface area contributed by atoms with Gasteiger partial charge >= 0.3 is 0 Å². The number of nitrogens with zero attached hydrogens (tertiary/aromatic N) is 3. The molecule has 0 radical (unpaired) electrons. The average molecular weight is 493 g/mol. The maximum atomic E-state index is 12.5. The van der Waals surface area contributed by atoms with Crippen molar-refractivity contribution in [3.8, 4) is 11.4 Å². The van der Waals surface area contributed by atoms with Crippen molar-refractivity contribution in [2.75, 3.05) is 17.7 Å². The summed E-state index contributed by atoms with van der Waals surface area (Å²) in [5.41, 5.74) is 2.82. The number of amides is 1. The highest BCUT2D eigenvalue weighted by atomic mass is 35.5. The van der Waals surface area contributed by atoms with Crippen molar-refractivity contribution in [2.24, 2.45) is 0 Å². The third-order valence-electron chi connectivity index (χ3n) is 5.03. The van der Waals surface area contributed by atoms with Gasteiger partial charge in [-0.3, -0.25) is 9.36 Å². The summed E-state index contributed by atoms with van der Waals surface area (Å²) in [7, 11) is 0. The Balaban J connectivity index is 1.52. The highest BCUT2D eigenvalue weighted by Crippen LogP contribution is 2.25. The highest BCUT2D eigenvalue weighted by Gasteiger charge is 2.16. The average Bonchev–Trinajstić information content (AvgIpc) is 3.25. The molecule has 0 saturated heterocycles. The quantitative estimate of drug-likeness (QED) is 0.282. The fourth-order valence-electron chi connectivity index (χ4n) is 3.47. The lowest BCUT2D eigenvalue weighted by atomic mass is 10.1. The molecule has 1 amide bonds. The van der Waals surface area contributed by atoms with Crippen LogP contribution in [-0.4, -0.2) is 33.0 Å². The number of rotatable bonds is 10. The monoisotopic (exact) mass is 492 g/mol. The van der Waals surface area contributed by atoms with Crippen molar-refractivity contribution >= 4 is 35.0 Å². The first-order valence-corrected chi connectivity index (χ1v) is 12.4. The lowest BCUT2D eigenvalue weighted by Gasteiger charge is -2.12. The molecule has 0 saturated carbocycles. The van der Waals surface area contributed by atoms with Gasteiger partial charge in [0.05, 0.1) is 12.4 Å². The number of aromatic nitrogens is 3. The standard InChI is InChI=1S/C26H25ClN4O2S/c1-2-33-23-14-12-22(13-15-23)31-24(16-11-19-7-4-3-5-8-19)29-30-26(31)34-18-25(32)28-21-10-6-9-20(27)17-21/h3-10,12-15,17H,2,11,16,18H2,1H3,(H,28,32). The van der Waals surface area contributed by atoms with Crippen LogP contribution in [0.5, 0.6) is 5.75 Å². The van der Waals surface area contributed by atoms with E-state index in [4.69, 9.17) is 16.3 Å². The van der Waals surface area contributed by atoms with Crippen molar-refractivity contribution in [1.29, 1.82) is 0 Å². The van der Waals surface area contributed by atoms with Crippen LogP contribution < -0.4 is 10.1 Å². The first kappa shape index (κ1) is 23.9. The van der Waals surface area contributed by atoms with Crippen LogP contribution in [0.1, 0.15) is 18.3 Å². The fourth-order valence-corrected chi connectivity index (χ4v) is 4.43. The topological polar surface area (TPSA) is 69.0 Å². The summed E-state index contributed by atoms with van der Waals surface area (Å²) >= 11 is 7.35. The third-order valence-corrected chi connectivity index (χ3v) is 6.19. The van der Waals surface area contributed by atoms with Gasteiger partial charge in [0, 0.05) is 22.8 Å². The number of aryl methyl sites for hydroxylation is 2. The molecule has 3 aromatic carbocycles. The number of ether oxygens (including phenoxy) is 1. The van der Waals surface area contributed by atoms with Gasteiger partial charge in [-0.25, -0.2) is 0 Å². The van der Waals surface area contributed by atoms with Crippen LogP contribution in [-0.2, 0) is 17.6 Å². The lowest BCUT2D eigenvalue weighted by molar-refractivity contribution is -0.113. The first-order valence-electron chi connectivity index (χ1n) is 11.0. The molecule has 0 atom stereocenters. The summed E-state index contributed by atoms with van der Waals surface area (Å²) in [5.74, 6) is 1.70. The van der Waals surface area contributed by atoms with E-state index in [0.717, 1.165) is 30.1 Å². The number of nitrogens with one attached hydrogen (secondary N) is 1. The minimum atomic E-state index is -0.139. The zero-order valence-electron chi connectivity index (χ0n) is 18.8. The van der Waals surface area contributed by atoms with Gasteiger partial charge in [0.1, 0.15) is 11.6 Å². The molecule has 0 fully saturated rings. The van der Waals surface area contributed by atoms with Crippen LogP contribution in [0, 0.1) is 0 Å². The molecular formula is C26H25ClN4O2S. The van der Waals surface area contributed by atoms with E-state index >= 15 is 0 Å². The van der Waals surface area contributed by atoms with Crippen LogP contribution in [0.25, 0.3) is 5.69 Å². The molecular weight excluding hydrogens is 468 g/mol. The lowest BCUT2D eigenvalue weighted by Crippen LogP contribution is -2.14. The number of carbonyl (C=O) groups excluding carboxylic acids is 1. The first-order chi connectivity index (χ1) is 16.6. The van der Waals surface area contributed by atoms with Gasteiger partial charge in [0.2, 0.25) is 5.91 Å². The molecule has 8 heteroatoms. The van der Waals surface area contributed by atoms with E-state index in [-0.39, 0.29) is 11.7 Å². The molecule has 0 aliphatic heterocycles. The molecule has 0 bridgehead atoms. The van der Waals surface area contributed by atoms with Crippen molar-refractivity contribution < 1.29 is 9.53 Å². The molecule has 6 nitrogen and oxygen atoms in total. The van der Waals surface area contributed by atoms with E-state index in [2.05, 4.69) is 27.6 Å². The molecule has 0 aliphatic carbocycles. The van der Waals surface area contributed by atoms with Gasteiger partial charge in [-0.05, 0) is 61.4 Å². The zero-order valence-corrected chi connectivity index (χ0v) is 20.4. The summed E-state index contributed by atoms with van der Waals surface area (Å²) < 4.78 is 7.59.